The van der Waals surface area contributed by atoms with E-state index in [-0.39, 0.29) is 28.4 Å². The molecule has 0 unspecified atom stereocenters. The van der Waals surface area contributed by atoms with Crippen LogP contribution in [0.4, 0.5) is 5.69 Å². The number of carbonyl (C=O) groups is 3. The lowest BCUT2D eigenvalue weighted by atomic mass is 10.3. The van der Waals surface area contributed by atoms with E-state index in [2.05, 4.69) is 5.32 Å². The maximum atomic E-state index is 12.6. The summed E-state index contributed by atoms with van der Waals surface area (Å²) >= 11 is 6.04. The van der Waals surface area contributed by atoms with E-state index in [9.17, 15) is 22.8 Å². The molecule has 1 aromatic rings. The van der Waals surface area contributed by atoms with Crippen molar-refractivity contribution < 1.29 is 22.8 Å². The first-order valence-corrected chi connectivity index (χ1v) is 9.95. The van der Waals surface area contributed by atoms with Crippen molar-refractivity contribution in [3.63, 3.8) is 0 Å². The summed E-state index contributed by atoms with van der Waals surface area (Å²) in [5, 5.41) is 2.61. The lowest BCUT2D eigenvalue weighted by molar-refractivity contribution is -0.141. The first-order valence-electron chi connectivity index (χ1n) is 8.13. The van der Waals surface area contributed by atoms with Gasteiger partial charge in [-0.05, 0) is 18.2 Å². The van der Waals surface area contributed by atoms with Gasteiger partial charge < -0.3 is 5.32 Å². The van der Waals surface area contributed by atoms with Crippen LogP contribution in [0.1, 0.15) is 26.7 Å². The number of benzene rings is 1. The number of hydrogen-bond acceptors (Lipinski definition) is 5. The molecular formula is C16H20ClN3O5S. The van der Waals surface area contributed by atoms with Crippen molar-refractivity contribution >= 4 is 45.0 Å². The second-order valence-electron chi connectivity index (χ2n) is 5.65. The molecule has 1 saturated heterocycles. The molecule has 0 spiro atoms. The predicted octanol–water partition coefficient (Wildman–Crippen LogP) is 1.46. The Morgan fingerprint density at radius 2 is 1.77 bits per heavy atom. The maximum Gasteiger partial charge on any atom is 0.244 e. The average molecular weight is 402 g/mol. The molecule has 0 radical (unpaired) electrons. The quantitative estimate of drug-likeness (QED) is 0.696. The lowest BCUT2D eigenvalue weighted by Crippen LogP contribution is -2.37. The summed E-state index contributed by atoms with van der Waals surface area (Å²) in [6.45, 7) is 3.64. The minimum atomic E-state index is -3.71. The van der Waals surface area contributed by atoms with Crippen LogP contribution in [-0.4, -0.2) is 55.0 Å². The van der Waals surface area contributed by atoms with Gasteiger partial charge in [-0.2, -0.15) is 4.31 Å². The summed E-state index contributed by atoms with van der Waals surface area (Å²) < 4.78 is 26.4. The Morgan fingerprint density at radius 3 is 2.31 bits per heavy atom. The van der Waals surface area contributed by atoms with Crippen molar-refractivity contribution in [2.24, 2.45) is 0 Å². The molecule has 0 aromatic heterocycles. The summed E-state index contributed by atoms with van der Waals surface area (Å²) in [7, 11) is -3.71. The van der Waals surface area contributed by atoms with E-state index in [4.69, 9.17) is 11.6 Å². The highest BCUT2D eigenvalue weighted by atomic mass is 35.5. The van der Waals surface area contributed by atoms with Crippen molar-refractivity contribution in [3.8, 4) is 0 Å². The van der Waals surface area contributed by atoms with Crippen molar-refractivity contribution in [2.45, 2.75) is 31.6 Å². The molecule has 3 amide bonds. The van der Waals surface area contributed by atoms with Gasteiger partial charge in [-0.3, -0.25) is 19.3 Å². The van der Waals surface area contributed by atoms with Crippen LogP contribution in [0.3, 0.4) is 0 Å². The molecule has 1 heterocycles. The van der Waals surface area contributed by atoms with Crippen LogP contribution in [0.2, 0.25) is 5.02 Å². The van der Waals surface area contributed by atoms with Crippen molar-refractivity contribution in [2.75, 3.05) is 25.0 Å². The molecule has 8 nitrogen and oxygen atoms in total. The Hall–Kier alpha value is -1.97. The highest BCUT2D eigenvalue weighted by molar-refractivity contribution is 7.89. The number of nitrogens with one attached hydrogen (secondary N) is 1. The minimum Gasteiger partial charge on any atom is -0.323 e. The Bertz CT molecular complexity index is 820. The molecule has 1 N–H and O–H groups in total. The Balaban J connectivity index is 2.21. The average Bonchev–Trinajstić information content (AvgIpc) is 2.89. The second-order valence-corrected chi connectivity index (χ2v) is 8.00. The highest BCUT2D eigenvalue weighted by Gasteiger charge is 2.30. The Morgan fingerprint density at radius 1 is 1.19 bits per heavy atom. The molecule has 10 heteroatoms. The van der Waals surface area contributed by atoms with Gasteiger partial charge in [0.15, 0.2) is 0 Å². The minimum absolute atomic E-state index is 0.00535. The fraction of sp³-hybridized carbons (Fsp3) is 0.438. The summed E-state index contributed by atoms with van der Waals surface area (Å²) in [5.41, 5.74) is 0.101. The van der Waals surface area contributed by atoms with Gasteiger partial charge >= 0.3 is 0 Å². The zero-order valence-corrected chi connectivity index (χ0v) is 16.1. The number of imide groups is 1. The number of hydrogen-bond donors (Lipinski definition) is 1. The third-order valence-corrected chi connectivity index (χ3v) is 6.39. The van der Waals surface area contributed by atoms with Gasteiger partial charge in [0.1, 0.15) is 6.54 Å². The van der Waals surface area contributed by atoms with E-state index < -0.39 is 34.3 Å². The number of sulfonamides is 1. The molecule has 26 heavy (non-hydrogen) atoms. The van der Waals surface area contributed by atoms with Crippen LogP contribution >= 0.6 is 11.6 Å². The first kappa shape index (κ1) is 20.3. The van der Waals surface area contributed by atoms with Crippen LogP contribution in [0, 0.1) is 0 Å². The fourth-order valence-corrected chi connectivity index (χ4v) is 4.26. The van der Waals surface area contributed by atoms with Crippen LogP contribution in [-0.2, 0) is 24.4 Å². The van der Waals surface area contributed by atoms with Crippen LogP contribution < -0.4 is 5.32 Å². The van der Waals surface area contributed by atoms with E-state index >= 15 is 0 Å². The smallest absolute Gasteiger partial charge is 0.244 e. The molecule has 1 aromatic carbocycles. The van der Waals surface area contributed by atoms with Crippen molar-refractivity contribution in [1.82, 2.24) is 9.21 Å². The molecule has 0 bridgehead atoms. The molecule has 1 fully saturated rings. The molecular weight excluding hydrogens is 382 g/mol. The predicted molar refractivity (Wildman–Crippen MR) is 96.1 cm³/mol. The molecule has 0 atom stereocenters. The number of anilines is 1. The summed E-state index contributed by atoms with van der Waals surface area (Å²) in [6, 6.07) is 4.00. The normalized spacial score (nSPS) is 15.0. The van der Waals surface area contributed by atoms with Gasteiger partial charge in [0.05, 0.1) is 15.6 Å². The Kier molecular flexibility index (Phi) is 6.38. The van der Waals surface area contributed by atoms with Gasteiger partial charge in [-0.15, -0.1) is 0 Å². The zero-order valence-electron chi connectivity index (χ0n) is 14.5. The molecule has 0 saturated carbocycles. The highest BCUT2D eigenvalue weighted by Crippen LogP contribution is 2.27. The first-order chi connectivity index (χ1) is 12.2. The zero-order chi connectivity index (χ0) is 19.5. The van der Waals surface area contributed by atoms with Gasteiger partial charge in [0, 0.05) is 25.9 Å². The third-order valence-electron chi connectivity index (χ3n) is 4.01. The van der Waals surface area contributed by atoms with E-state index in [1.165, 1.54) is 22.5 Å². The van der Waals surface area contributed by atoms with Crippen LogP contribution in [0.25, 0.3) is 0 Å². The molecule has 2 rings (SSSR count). The van der Waals surface area contributed by atoms with Gasteiger partial charge in [0.25, 0.3) is 0 Å². The number of carbonyl (C=O) groups excluding carboxylic acids is 3. The van der Waals surface area contributed by atoms with Crippen LogP contribution in [0.5, 0.6) is 0 Å². The van der Waals surface area contributed by atoms with Gasteiger partial charge in [-0.1, -0.05) is 25.4 Å². The SMILES string of the molecule is CCN(CC)S(=O)(=O)c1ccc(Cl)c(NC(=O)CN2C(=O)CCC2=O)c1. The monoisotopic (exact) mass is 401 g/mol. The number of nitrogens with zero attached hydrogens (tertiary/aromatic N) is 2. The maximum absolute atomic E-state index is 12.6. The van der Waals surface area contributed by atoms with E-state index in [0.29, 0.717) is 13.1 Å². The number of halogens is 1. The number of amides is 3. The van der Waals surface area contributed by atoms with E-state index in [1.54, 1.807) is 13.8 Å². The molecule has 1 aliphatic rings. The number of likely N-dealkylation sites (tertiary alicyclic amines) is 1. The van der Waals surface area contributed by atoms with Crippen LogP contribution in [0.15, 0.2) is 23.1 Å². The molecule has 1 aliphatic heterocycles. The molecule has 0 aliphatic carbocycles. The third kappa shape index (κ3) is 4.22. The van der Waals surface area contributed by atoms with Crippen molar-refractivity contribution in [3.05, 3.63) is 23.2 Å². The van der Waals surface area contributed by atoms with E-state index in [0.717, 1.165) is 4.90 Å². The topological polar surface area (TPSA) is 104 Å². The van der Waals surface area contributed by atoms with Crippen molar-refractivity contribution in [1.29, 1.82) is 0 Å². The molecule has 142 valence electrons. The Labute approximate surface area is 157 Å². The van der Waals surface area contributed by atoms with E-state index in [1.807, 2.05) is 0 Å². The second kappa shape index (κ2) is 8.15. The van der Waals surface area contributed by atoms with Gasteiger partial charge in [-0.25, -0.2) is 8.42 Å². The summed E-state index contributed by atoms with van der Waals surface area (Å²) in [6.07, 6.45) is 0.176. The summed E-state index contributed by atoms with van der Waals surface area (Å²) in [4.78, 5) is 36.2. The summed E-state index contributed by atoms with van der Waals surface area (Å²) in [5.74, 6) is -1.45. The fourth-order valence-electron chi connectivity index (χ4n) is 2.61. The standard InChI is InChI=1S/C16H20ClN3O5S/c1-3-19(4-2)26(24,25)11-5-6-12(17)13(9-11)18-14(21)10-20-15(22)7-8-16(20)23/h5-6,9H,3-4,7-8,10H2,1-2H3,(H,18,21). The lowest BCUT2D eigenvalue weighted by Gasteiger charge is -2.19. The largest absolute Gasteiger partial charge is 0.323 e. The van der Waals surface area contributed by atoms with Gasteiger partial charge in [0.2, 0.25) is 27.7 Å². The number of rotatable bonds is 7.